The van der Waals surface area contributed by atoms with Crippen molar-refractivity contribution < 1.29 is 118 Å². The monoisotopic (exact) mass is 1660 g/mol. The molecule has 37 heteroatoms. The molecule has 35 nitrogen and oxygen atoms in total. The van der Waals surface area contributed by atoms with E-state index in [0.717, 1.165) is 92.8 Å². The Kier molecular flexibility index (Phi) is 25.7. The average Bonchev–Trinajstić information content (AvgIpc) is 0.791. The van der Waals surface area contributed by atoms with Crippen LogP contribution in [0.2, 0.25) is 10.0 Å². The van der Waals surface area contributed by atoms with E-state index in [1.54, 1.807) is 0 Å². The summed E-state index contributed by atoms with van der Waals surface area (Å²) in [7, 11) is 1.46. The van der Waals surface area contributed by atoms with E-state index in [-0.39, 0.29) is 123 Å². The molecule has 0 unspecified atom stereocenters. The van der Waals surface area contributed by atoms with Crippen LogP contribution in [0.5, 0.6) is 57.5 Å². The molecule has 4 aliphatic carbocycles. The quantitative estimate of drug-likeness (QED) is 0.0550. The molecule has 0 aromatic heterocycles. The van der Waals surface area contributed by atoms with Crippen molar-refractivity contribution in [2.45, 2.75) is 150 Å². The van der Waals surface area contributed by atoms with Crippen LogP contribution < -0.4 is 83.0 Å². The summed E-state index contributed by atoms with van der Waals surface area (Å²) in [5.41, 5.74) is 8.89. The second kappa shape index (κ2) is 35.7. The van der Waals surface area contributed by atoms with Crippen LogP contribution in [0, 0.1) is 29.6 Å². The number of ether oxygens (including phenoxy) is 6. The molecule has 0 radical (unpaired) electrons. The van der Waals surface area contributed by atoms with E-state index in [1.165, 1.54) is 43.4 Å². The van der Waals surface area contributed by atoms with E-state index in [0.29, 0.717) is 11.8 Å². The van der Waals surface area contributed by atoms with Gasteiger partial charge in [-0.2, -0.15) is 0 Å². The summed E-state index contributed by atoms with van der Waals surface area (Å²) in [5.74, 6) is -14.8. The Morgan fingerprint density at radius 3 is 1.83 bits per heavy atom. The molecule has 9 amide bonds. The third-order valence-corrected chi connectivity index (χ3v) is 22.7. The molecule has 5 fully saturated rings. The van der Waals surface area contributed by atoms with Crippen LogP contribution in [0.3, 0.4) is 0 Å². The molecule has 16 rings (SSSR count). The van der Waals surface area contributed by atoms with Crippen LogP contribution in [0.4, 0.5) is 0 Å². The van der Waals surface area contributed by atoms with Gasteiger partial charge in [0.2, 0.25) is 59.3 Å². The fourth-order valence-electron chi connectivity index (χ4n) is 16.6. The second-order valence-electron chi connectivity index (χ2n) is 30.7. The van der Waals surface area contributed by atoms with Crippen LogP contribution in [0.1, 0.15) is 127 Å². The number of nitrogens with two attached hydrogens (primary N) is 2. The van der Waals surface area contributed by atoms with Crippen LogP contribution >= 0.6 is 23.2 Å². The number of halogens is 2. The van der Waals surface area contributed by atoms with Gasteiger partial charge in [0.1, 0.15) is 115 Å². The number of nitrogens with one attached hydrogen (secondary N) is 9. The standard InChI is InChI=1S/C80H91Cl2N11O24/c1-32(2)16-47(85-3)73(105)92-64-66(99)36-5-9-51(45(81)23-36)114-55-26-41-27-56(71(55)117-80-70(103)69(102)68(101)57(31-94)116-80)115-52-10-6-37(24-46(52)82)67(100)65-79(111)91-63(77(109)88-60-39-18-33-17-34(20-39)21-40(60)19-33)44-28-42(95)29-50(97)59(44)43-22-35(4-8-49(43)96)61(75(107)93-65)90-76(108)62(41)89-74(106)48(86-78(64)110)30-58(98)87-72(104)38-7-11-53(112-14-12-83)54(25-38)113-15-13-84/h4-11,22-29,32-34,39-40,47-48,57,60-70,80,85,94-97,99-103H,12-21,30-31,83-84H2,1-3H3,(H,86,110)(H,88,109)(H,89,106)(H,90,108)(H,91,111)(H,92,105)(H,93,107)(H,87,98,104)/t33?,34?,39?,40?,47-,48+,57-,60?,61-,62-,63+,64-,65+,66-,67-,68-,69+,70-,80+/m1/s1. The maximum Gasteiger partial charge on any atom is 0.257 e. The van der Waals surface area contributed by atoms with E-state index in [2.05, 4.69) is 47.9 Å². The number of hydrogen-bond acceptors (Lipinski definition) is 27. The Balaban J connectivity index is 0.998. The lowest BCUT2D eigenvalue weighted by molar-refractivity contribution is -0.277. The molecule has 6 heterocycles. The van der Waals surface area contributed by atoms with E-state index >= 15 is 28.8 Å². The molecule has 624 valence electrons. The van der Waals surface area contributed by atoms with Gasteiger partial charge in [-0.05, 0) is 176 Å². The fraction of sp³-hybridized carbons (Fsp3) is 0.438. The van der Waals surface area contributed by atoms with Gasteiger partial charge in [0, 0.05) is 41.9 Å². The number of benzene rings is 6. The molecular weight excluding hydrogens is 1570 g/mol. The molecule has 1 saturated heterocycles. The molecular formula is C80H91Cl2N11O24. The molecule has 4 saturated carbocycles. The summed E-state index contributed by atoms with van der Waals surface area (Å²) < 4.78 is 36.9. The number of aliphatic hydroxyl groups is 6. The highest BCUT2D eigenvalue weighted by molar-refractivity contribution is 6.32. The first kappa shape index (κ1) is 84.3. The largest absolute Gasteiger partial charge is 0.508 e. The first-order valence-electron chi connectivity index (χ1n) is 38.2. The number of fused-ring (bicyclic) bond motifs is 15. The Morgan fingerprint density at radius 1 is 0.607 bits per heavy atom. The number of phenolic OH excluding ortho intramolecular Hbond substituents is 3. The van der Waals surface area contributed by atoms with Crippen molar-refractivity contribution in [2.75, 3.05) is 40.0 Å². The van der Waals surface area contributed by atoms with E-state index < -0.39 is 196 Å². The van der Waals surface area contributed by atoms with Crippen LogP contribution in [-0.4, -0.2) is 200 Å². The average molecular weight is 1660 g/mol. The van der Waals surface area contributed by atoms with Crippen molar-refractivity contribution in [3.63, 3.8) is 0 Å². The summed E-state index contributed by atoms with van der Waals surface area (Å²) in [4.78, 5) is 138. The molecule has 22 N–H and O–H groups in total. The summed E-state index contributed by atoms with van der Waals surface area (Å²) in [6.07, 6.45) is -11.0. The lowest BCUT2D eigenvalue weighted by atomic mass is 9.54. The van der Waals surface area contributed by atoms with E-state index in [4.69, 9.17) is 63.1 Å². The molecule has 15 bridgehead atoms. The molecule has 0 spiro atoms. The molecule has 6 aliphatic heterocycles. The van der Waals surface area contributed by atoms with Gasteiger partial charge in [-0.25, -0.2) is 0 Å². The fourth-order valence-corrected chi connectivity index (χ4v) is 17.1. The Morgan fingerprint density at radius 2 is 1.21 bits per heavy atom. The highest BCUT2D eigenvalue weighted by atomic mass is 35.5. The summed E-state index contributed by atoms with van der Waals surface area (Å²) in [6.45, 7) is 2.73. The van der Waals surface area contributed by atoms with E-state index in [9.17, 15) is 60.3 Å². The van der Waals surface area contributed by atoms with Gasteiger partial charge in [-0.3, -0.25) is 48.5 Å². The number of rotatable bonds is 19. The Bertz CT molecular complexity index is 4820. The smallest absolute Gasteiger partial charge is 0.257 e. The van der Waals surface area contributed by atoms with E-state index in [1.807, 2.05) is 13.8 Å². The lowest BCUT2D eigenvalue weighted by Crippen LogP contribution is -2.60. The van der Waals surface area contributed by atoms with Crippen LogP contribution in [0.25, 0.3) is 11.1 Å². The maximum atomic E-state index is 16.4. The van der Waals surface area contributed by atoms with Crippen molar-refractivity contribution >= 4 is 76.4 Å². The van der Waals surface area contributed by atoms with Crippen molar-refractivity contribution in [3.05, 3.63) is 140 Å². The highest BCUT2D eigenvalue weighted by Crippen LogP contribution is 2.55. The summed E-state index contributed by atoms with van der Waals surface area (Å²) in [6, 6.07) is 3.42. The number of carbonyl (C=O) groups is 9. The third kappa shape index (κ3) is 18.1. The van der Waals surface area contributed by atoms with Crippen LogP contribution in [0.15, 0.2) is 97.1 Å². The normalized spacial score (nSPS) is 27.6. The number of aliphatic hydroxyl groups excluding tert-OH is 6. The SMILES string of the molecule is CN[C@H](CC(C)C)C(=O)N[C@H]1C(=O)N[C@@H](CC(=O)NC(=O)c2ccc(OCCN)c(OCCN)c2)C(=O)N[C@H]2C(=O)N[C@H]3C(=O)N[C@H](C(=O)N[C@H](C(=O)NC4C5CC6CC(C5)CC4C6)c4cc(O)cc(O)c4-c4cc3ccc4O)[C@H](O)c3ccc(c(Cl)c3)Oc3cc2cc(c3O[C@@H]2O[C@H](CO)[C@@H](O)[C@H](O)[C@H]2O)Oc2ccc(cc2Cl)[C@H]1O. The predicted octanol–water partition coefficient (Wildman–Crippen LogP) is 1.87. The first-order valence-corrected chi connectivity index (χ1v) is 39.0. The minimum Gasteiger partial charge on any atom is -0.508 e. The van der Waals surface area contributed by atoms with Crippen LogP contribution in [-0.2, 0) is 43.1 Å². The molecule has 14 atom stereocenters. The molecule has 10 aliphatic rings. The zero-order valence-electron chi connectivity index (χ0n) is 63.3. The number of aromatic hydroxyl groups is 3. The Hall–Kier alpha value is -10.7. The van der Waals surface area contributed by atoms with Gasteiger partial charge in [-0.1, -0.05) is 55.2 Å². The van der Waals surface area contributed by atoms with Gasteiger partial charge < -0.3 is 128 Å². The number of amides is 9. The van der Waals surface area contributed by atoms with Gasteiger partial charge >= 0.3 is 0 Å². The number of carbonyl (C=O) groups excluding carboxylic acids is 9. The predicted molar refractivity (Wildman–Crippen MR) is 413 cm³/mol. The second-order valence-corrected chi connectivity index (χ2v) is 31.5. The van der Waals surface area contributed by atoms with Gasteiger partial charge in [0.15, 0.2) is 23.0 Å². The van der Waals surface area contributed by atoms with Crippen molar-refractivity contribution in [2.24, 2.45) is 41.1 Å². The maximum absolute atomic E-state index is 16.4. The molecule has 6 aromatic rings. The van der Waals surface area contributed by atoms with Gasteiger partial charge in [0.05, 0.1) is 29.1 Å². The number of hydrogen-bond donors (Lipinski definition) is 20. The highest BCUT2D eigenvalue weighted by Gasteiger charge is 2.51. The zero-order valence-corrected chi connectivity index (χ0v) is 64.8. The van der Waals surface area contributed by atoms with Crippen molar-refractivity contribution in [1.29, 1.82) is 0 Å². The minimum atomic E-state index is -2.42. The third-order valence-electron chi connectivity index (χ3n) is 22.1. The molecule has 6 aromatic carbocycles. The zero-order chi connectivity index (χ0) is 83.7. The number of likely N-dealkylation sites (N-methyl/N-ethyl adjacent to an activating group) is 1. The first-order chi connectivity index (χ1) is 55.9. The topological polar surface area (TPSA) is 551 Å². The summed E-state index contributed by atoms with van der Waals surface area (Å²) in [5, 5.41) is 128. The summed E-state index contributed by atoms with van der Waals surface area (Å²) >= 11 is 14.3. The lowest BCUT2D eigenvalue weighted by Gasteiger charge is -2.54. The minimum absolute atomic E-state index is 0.00769. The van der Waals surface area contributed by atoms with Gasteiger partial charge in [-0.15, -0.1) is 0 Å². The molecule has 117 heavy (non-hydrogen) atoms. The van der Waals surface area contributed by atoms with Crippen molar-refractivity contribution in [1.82, 2.24) is 47.9 Å². The number of imide groups is 1. The van der Waals surface area contributed by atoms with Crippen molar-refractivity contribution in [3.8, 4) is 68.6 Å². The number of phenols is 3. The Labute approximate surface area is 678 Å². The van der Waals surface area contributed by atoms with Gasteiger partial charge in [0.25, 0.3) is 5.91 Å².